The van der Waals surface area contributed by atoms with Crippen LogP contribution in [-0.4, -0.2) is 26.3 Å². The maximum absolute atomic E-state index is 5.71. The first-order valence-corrected chi connectivity index (χ1v) is 6.25. The fourth-order valence-corrected chi connectivity index (χ4v) is 1.83. The van der Waals surface area contributed by atoms with Gasteiger partial charge in [-0.25, -0.2) is 9.97 Å². The van der Waals surface area contributed by atoms with E-state index in [1.54, 1.807) is 12.4 Å². The summed E-state index contributed by atoms with van der Waals surface area (Å²) < 4.78 is 2.01. The molecule has 0 spiro atoms. The topological polar surface area (TPSA) is 55.6 Å². The zero-order valence-electron chi connectivity index (χ0n) is 10.5. The van der Waals surface area contributed by atoms with Gasteiger partial charge in [0, 0.05) is 18.8 Å². The van der Waals surface area contributed by atoms with Crippen LogP contribution in [0.2, 0.25) is 5.02 Å². The zero-order chi connectivity index (χ0) is 13.0. The van der Waals surface area contributed by atoms with Crippen molar-refractivity contribution in [1.82, 2.24) is 19.7 Å². The van der Waals surface area contributed by atoms with Crippen molar-refractivity contribution >= 4 is 17.5 Å². The lowest BCUT2D eigenvalue weighted by molar-refractivity contribution is 0.573. The molecule has 2 aromatic heterocycles. The van der Waals surface area contributed by atoms with Gasteiger partial charge in [-0.05, 0) is 26.3 Å². The minimum absolute atomic E-state index is 0.545. The predicted octanol–water partition coefficient (Wildman–Crippen LogP) is 2.45. The number of nitrogens with zero attached hydrogens (tertiary/aromatic N) is 4. The highest BCUT2D eigenvalue weighted by atomic mass is 35.5. The quantitative estimate of drug-likeness (QED) is 0.844. The van der Waals surface area contributed by atoms with Crippen LogP contribution in [0.3, 0.4) is 0 Å². The average Bonchev–Trinajstić information content (AvgIpc) is 2.66. The molecule has 0 aromatic carbocycles. The van der Waals surface area contributed by atoms with Gasteiger partial charge in [-0.3, -0.25) is 4.68 Å². The van der Waals surface area contributed by atoms with E-state index in [1.807, 2.05) is 11.6 Å². The van der Waals surface area contributed by atoms with E-state index in [2.05, 4.69) is 33.4 Å². The van der Waals surface area contributed by atoms with Crippen LogP contribution < -0.4 is 5.32 Å². The summed E-state index contributed by atoms with van der Waals surface area (Å²) in [4.78, 5) is 8.14. The lowest BCUT2D eigenvalue weighted by Crippen LogP contribution is -2.10. The zero-order valence-corrected chi connectivity index (χ0v) is 11.3. The molecule has 2 rings (SSSR count). The van der Waals surface area contributed by atoms with Crippen molar-refractivity contribution in [2.24, 2.45) is 0 Å². The monoisotopic (exact) mass is 265 g/mol. The second kappa shape index (κ2) is 5.82. The van der Waals surface area contributed by atoms with Crippen molar-refractivity contribution in [2.45, 2.75) is 26.8 Å². The Morgan fingerprint density at radius 2 is 2.00 bits per heavy atom. The van der Waals surface area contributed by atoms with E-state index >= 15 is 0 Å². The number of hydrogen-bond donors (Lipinski definition) is 1. The molecule has 0 unspecified atom stereocenters. The first-order valence-electron chi connectivity index (χ1n) is 5.87. The lowest BCUT2D eigenvalue weighted by atomic mass is 10.4. The number of aromatic nitrogens is 4. The van der Waals surface area contributed by atoms with Crippen LogP contribution in [0.15, 0.2) is 18.5 Å². The molecule has 0 bridgehead atoms. The highest BCUT2D eigenvalue weighted by Gasteiger charge is 2.00. The SMILES string of the molecule is Cc1cc(C)n(CCCNc2ncc(Cl)cn2)n1. The maximum Gasteiger partial charge on any atom is 0.222 e. The summed E-state index contributed by atoms with van der Waals surface area (Å²) in [5.74, 6) is 0.604. The maximum atomic E-state index is 5.71. The van der Waals surface area contributed by atoms with Gasteiger partial charge in [-0.1, -0.05) is 11.6 Å². The molecule has 0 aliphatic heterocycles. The Kier molecular flexibility index (Phi) is 4.15. The number of aryl methyl sites for hydroxylation is 3. The minimum Gasteiger partial charge on any atom is -0.354 e. The molecule has 0 aliphatic carbocycles. The number of hydrogen-bond acceptors (Lipinski definition) is 4. The van der Waals surface area contributed by atoms with E-state index in [0.29, 0.717) is 11.0 Å². The van der Waals surface area contributed by atoms with Gasteiger partial charge in [-0.2, -0.15) is 5.10 Å². The molecule has 96 valence electrons. The Labute approximate surface area is 111 Å². The van der Waals surface area contributed by atoms with Crippen molar-refractivity contribution < 1.29 is 0 Å². The van der Waals surface area contributed by atoms with Crippen LogP contribution in [0.5, 0.6) is 0 Å². The Morgan fingerprint density at radius 1 is 1.28 bits per heavy atom. The molecule has 5 nitrogen and oxygen atoms in total. The lowest BCUT2D eigenvalue weighted by Gasteiger charge is -2.06. The van der Waals surface area contributed by atoms with Crippen LogP contribution in [0.4, 0.5) is 5.95 Å². The van der Waals surface area contributed by atoms with Gasteiger partial charge >= 0.3 is 0 Å². The van der Waals surface area contributed by atoms with Crippen LogP contribution >= 0.6 is 11.6 Å². The van der Waals surface area contributed by atoms with Crippen molar-refractivity contribution in [2.75, 3.05) is 11.9 Å². The third-order valence-corrected chi connectivity index (χ3v) is 2.75. The summed E-state index contributed by atoms with van der Waals surface area (Å²) in [6.07, 6.45) is 4.13. The summed E-state index contributed by atoms with van der Waals surface area (Å²) in [5, 5.41) is 8.10. The molecule has 0 saturated carbocycles. The van der Waals surface area contributed by atoms with Gasteiger partial charge in [0.05, 0.1) is 23.1 Å². The van der Waals surface area contributed by atoms with E-state index in [1.165, 1.54) is 5.69 Å². The predicted molar refractivity (Wildman–Crippen MR) is 71.8 cm³/mol. The molecule has 0 radical (unpaired) electrons. The van der Waals surface area contributed by atoms with Crippen LogP contribution in [0.1, 0.15) is 17.8 Å². The molecule has 2 heterocycles. The second-order valence-electron chi connectivity index (χ2n) is 4.16. The molecule has 0 fully saturated rings. The summed E-state index contributed by atoms with van der Waals surface area (Å²) in [6.45, 7) is 5.76. The smallest absolute Gasteiger partial charge is 0.222 e. The second-order valence-corrected chi connectivity index (χ2v) is 4.59. The molecule has 18 heavy (non-hydrogen) atoms. The average molecular weight is 266 g/mol. The van der Waals surface area contributed by atoms with Crippen LogP contribution in [0, 0.1) is 13.8 Å². The molecule has 0 atom stereocenters. The molecule has 6 heteroatoms. The third-order valence-electron chi connectivity index (χ3n) is 2.55. The Bertz CT molecular complexity index is 506. The molecule has 0 saturated heterocycles. The summed E-state index contributed by atoms with van der Waals surface area (Å²) in [6, 6.07) is 2.08. The fourth-order valence-electron chi connectivity index (χ4n) is 1.73. The fraction of sp³-hybridized carbons (Fsp3) is 0.417. The van der Waals surface area contributed by atoms with Crippen molar-refractivity contribution in [3.05, 3.63) is 34.9 Å². The van der Waals surface area contributed by atoms with Crippen molar-refractivity contribution in [1.29, 1.82) is 0 Å². The molecule has 0 amide bonds. The summed E-state index contributed by atoms with van der Waals surface area (Å²) >= 11 is 5.71. The number of rotatable bonds is 5. The van der Waals surface area contributed by atoms with Gasteiger partial charge in [0.15, 0.2) is 0 Å². The van der Waals surface area contributed by atoms with Crippen molar-refractivity contribution in [3.8, 4) is 0 Å². The minimum atomic E-state index is 0.545. The largest absolute Gasteiger partial charge is 0.354 e. The first-order chi connectivity index (χ1) is 8.65. The van der Waals surface area contributed by atoms with Gasteiger partial charge < -0.3 is 5.32 Å². The third kappa shape index (κ3) is 3.43. The number of halogens is 1. The van der Waals surface area contributed by atoms with E-state index in [4.69, 9.17) is 11.6 Å². The van der Waals surface area contributed by atoms with E-state index < -0.39 is 0 Å². The Balaban J connectivity index is 1.76. The Morgan fingerprint density at radius 3 is 2.61 bits per heavy atom. The van der Waals surface area contributed by atoms with Gasteiger partial charge in [-0.15, -0.1) is 0 Å². The molecule has 0 aliphatic rings. The van der Waals surface area contributed by atoms with Gasteiger partial charge in [0.25, 0.3) is 0 Å². The summed E-state index contributed by atoms with van der Waals surface area (Å²) in [5.41, 5.74) is 2.25. The van der Waals surface area contributed by atoms with Crippen LogP contribution in [-0.2, 0) is 6.54 Å². The van der Waals surface area contributed by atoms with E-state index in [-0.39, 0.29) is 0 Å². The number of anilines is 1. The summed E-state index contributed by atoms with van der Waals surface area (Å²) in [7, 11) is 0. The van der Waals surface area contributed by atoms with Gasteiger partial charge in [0.1, 0.15) is 0 Å². The van der Waals surface area contributed by atoms with Crippen LogP contribution in [0.25, 0.3) is 0 Å². The van der Waals surface area contributed by atoms with E-state index in [9.17, 15) is 0 Å². The molecular formula is C12H16ClN5. The standard InChI is InChI=1S/C12H16ClN5/c1-9-6-10(2)18(17-9)5-3-4-14-12-15-7-11(13)8-16-12/h6-8H,3-5H2,1-2H3,(H,14,15,16). The van der Waals surface area contributed by atoms with Gasteiger partial charge in [0.2, 0.25) is 5.95 Å². The molecule has 2 aromatic rings. The number of nitrogens with one attached hydrogen (secondary N) is 1. The highest BCUT2D eigenvalue weighted by Crippen LogP contribution is 2.06. The Hall–Kier alpha value is -1.62. The molecule has 1 N–H and O–H groups in total. The van der Waals surface area contributed by atoms with Crippen molar-refractivity contribution in [3.63, 3.8) is 0 Å². The van der Waals surface area contributed by atoms with E-state index in [0.717, 1.165) is 25.2 Å². The molecular weight excluding hydrogens is 250 g/mol. The normalized spacial score (nSPS) is 10.6. The first kappa shape index (κ1) is 12.8. The highest BCUT2D eigenvalue weighted by molar-refractivity contribution is 6.30.